The molecule has 0 saturated heterocycles. The van der Waals surface area contributed by atoms with Crippen molar-refractivity contribution < 1.29 is 14.6 Å². The van der Waals surface area contributed by atoms with Gasteiger partial charge in [0.2, 0.25) is 0 Å². The minimum atomic E-state index is -1.84. The van der Waals surface area contributed by atoms with Gasteiger partial charge >= 0.3 is 0 Å². The molecule has 0 saturated carbocycles. The molecule has 0 aromatic carbocycles. The monoisotopic (exact) mass is 122 g/mol. The van der Waals surface area contributed by atoms with Crippen LogP contribution in [-0.4, -0.2) is 22.2 Å². The van der Waals surface area contributed by atoms with Crippen LogP contribution in [0.3, 0.4) is 0 Å². The lowest BCUT2D eigenvalue weighted by Crippen LogP contribution is -1.81. The fraction of sp³-hybridized carbons (Fsp3) is 0.667. The molecular formula is C3H7O3P. The zero-order valence-electron chi connectivity index (χ0n) is 3.74. The zero-order valence-corrected chi connectivity index (χ0v) is 4.64. The van der Waals surface area contributed by atoms with Gasteiger partial charge in [0.15, 0.2) is 8.38 Å². The molecule has 0 unspecified atom stereocenters. The van der Waals surface area contributed by atoms with Gasteiger partial charge < -0.3 is 14.6 Å². The van der Waals surface area contributed by atoms with Crippen LogP contribution in [0.15, 0.2) is 0 Å². The van der Waals surface area contributed by atoms with Crippen molar-refractivity contribution in [2.45, 2.75) is 6.42 Å². The third kappa shape index (κ3) is 6.02. The van der Waals surface area contributed by atoms with Crippen LogP contribution in [0.5, 0.6) is 0 Å². The summed E-state index contributed by atoms with van der Waals surface area (Å²) in [5.41, 5.74) is 0. The standard InChI is InChI=1S/C3H7O3P/c4-2-1-3-7(5)6/h2,5-6H,1,3H2. The first-order valence-electron chi connectivity index (χ1n) is 1.86. The van der Waals surface area contributed by atoms with Crippen LogP contribution < -0.4 is 0 Å². The summed E-state index contributed by atoms with van der Waals surface area (Å²) in [6.45, 7) is 0. The molecule has 0 aliphatic heterocycles. The van der Waals surface area contributed by atoms with E-state index in [4.69, 9.17) is 9.79 Å². The Morgan fingerprint density at radius 2 is 2.14 bits per heavy atom. The minimum absolute atomic E-state index is 0.207. The Morgan fingerprint density at radius 3 is 2.29 bits per heavy atom. The molecule has 0 radical (unpaired) electrons. The van der Waals surface area contributed by atoms with Gasteiger partial charge in [0.1, 0.15) is 6.29 Å². The molecule has 0 atom stereocenters. The van der Waals surface area contributed by atoms with Crippen LogP contribution in [0.25, 0.3) is 0 Å². The molecule has 0 spiro atoms. The van der Waals surface area contributed by atoms with E-state index in [9.17, 15) is 4.79 Å². The maximum Gasteiger partial charge on any atom is 0.165 e. The van der Waals surface area contributed by atoms with Crippen molar-refractivity contribution in [2.75, 3.05) is 6.16 Å². The van der Waals surface area contributed by atoms with E-state index in [-0.39, 0.29) is 12.6 Å². The van der Waals surface area contributed by atoms with Crippen molar-refractivity contribution in [1.82, 2.24) is 0 Å². The smallest absolute Gasteiger partial charge is 0.165 e. The van der Waals surface area contributed by atoms with Crippen LogP contribution in [0.1, 0.15) is 6.42 Å². The Hall–Kier alpha value is 0.0200. The molecule has 0 heterocycles. The molecule has 0 aromatic rings. The van der Waals surface area contributed by atoms with Crippen molar-refractivity contribution in [3.05, 3.63) is 0 Å². The van der Waals surface area contributed by atoms with E-state index in [1.54, 1.807) is 0 Å². The number of carbonyl (C=O) groups excluding carboxylic acids is 1. The summed E-state index contributed by atoms with van der Waals surface area (Å²) in [6.07, 6.45) is 1.12. The van der Waals surface area contributed by atoms with Crippen molar-refractivity contribution in [2.24, 2.45) is 0 Å². The van der Waals surface area contributed by atoms with Crippen LogP contribution in [0.4, 0.5) is 0 Å². The largest absolute Gasteiger partial charge is 0.350 e. The Morgan fingerprint density at radius 1 is 1.57 bits per heavy atom. The normalized spacial score (nSPS) is 9.57. The highest BCUT2D eigenvalue weighted by molar-refractivity contribution is 7.45. The minimum Gasteiger partial charge on any atom is -0.350 e. The molecule has 0 aliphatic rings. The number of hydrogen-bond acceptors (Lipinski definition) is 3. The predicted octanol–water partition coefficient (Wildman–Crippen LogP) is -0.128. The number of hydrogen-bond donors (Lipinski definition) is 2. The van der Waals surface area contributed by atoms with E-state index < -0.39 is 8.38 Å². The molecule has 3 nitrogen and oxygen atoms in total. The summed E-state index contributed by atoms with van der Waals surface area (Å²) in [5.74, 6) is 0. The molecule has 0 aliphatic carbocycles. The van der Waals surface area contributed by atoms with Gasteiger partial charge in [-0.05, 0) is 0 Å². The van der Waals surface area contributed by atoms with Gasteiger partial charge in [-0.2, -0.15) is 0 Å². The number of aldehydes is 1. The van der Waals surface area contributed by atoms with E-state index in [0.717, 1.165) is 0 Å². The second-order valence-electron chi connectivity index (χ2n) is 1.05. The summed E-state index contributed by atoms with van der Waals surface area (Å²) in [6, 6.07) is 0. The molecule has 0 rings (SSSR count). The summed E-state index contributed by atoms with van der Waals surface area (Å²) in [4.78, 5) is 25.8. The Kier molecular flexibility index (Phi) is 4.20. The molecule has 4 heteroatoms. The molecule has 42 valence electrons. The van der Waals surface area contributed by atoms with Gasteiger partial charge in [-0.25, -0.2) is 0 Å². The lowest BCUT2D eigenvalue weighted by atomic mass is 10.6. The molecule has 0 aromatic heterocycles. The molecule has 7 heavy (non-hydrogen) atoms. The highest BCUT2D eigenvalue weighted by Gasteiger charge is 1.93. The first kappa shape index (κ1) is 7.02. The first-order chi connectivity index (χ1) is 3.27. The molecule has 0 fully saturated rings. The topological polar surface area (TPSA) is 57.5 Å². The number of rotatable bonds is 3. The van der Waals surface area contributed by atoms with Crippen molar-refractivity contribution >= 4 is 14.7 Å². The van der Waals surface area contributed by atoms with E-state index >= 15 is 0 Å². The molecule has 0 amide bonds. The van der Waals surface area contributed by atoms with Gasteiger partial charge in [0.25, 0.3) is 0 Å². The quantitative estimate of drug-likeness (QED) is 0.405. The summed E-state index contributed by atoms with van der Waals surface area (Å²) in [5, 5.41) is 0. The van der Waals surface area contributed by atoms with Gasteiger partial charge in [-0.3, -0.25) is 0 Å². The van der Waals surface area contributed by atoms with Gasteiger partial charge in [-0.15, -0.1) is 0 Å². The third-order valence-electron chi connectivity index (χ3n) is 0.447. The van der Waals surface area contributed by atoms with E-state index in [1.807, 2.05) is 0 Å². The molecule has 2 N–H and O–H groups in total. The van der Waals surface area contributed by atoms with Gasteiger partial charge in [0, 0.05) is 12.6 Å². The fourth-order valence-corrected chi connectivity index (χ4v) is 0.505. The van der Waals surface area contributed by atoms with Crippen molar-refractivity contribution in [3.8, 4) is 0 Å². The highest BCUT2D eigenvalue weighted by Crippen LogP contribution is 2.22. The molecule has 0 bridgehead atoms. The number of carbonyl (C=O) groups is 1. The average molecular weight is 122 g/mol. The van der Waals surface area contributed by atoms with Gasteiger partial charge in [-0.1, -0.05) is 0 Å². The lowest BCUT2D eigenvalue weighted by Gasteiger charge is -1.93. The maximum absolute atomic E-state index is 9.50. The second-order valence-corrected chi connectivity index (χ2v) is 2.24. The van der Waals surface area contributed by atoms with Gasteiger partial charge in [0.05, 0.1) is 0 Å². The lowest BCUT2D eigenvalue weighted by molar-refractivity contribution is -0.107. The summed E-state index contributed by atoms with van der Waals surface area (Å²) in [7, 11) is -1.84. The van der Waals surface area contributed by atoms with Crippen LogP contribution in [-0.2, 0) is 4.79 Å². The fourth-order valence-electron chi connectivity index (χ4n) is 0.168. The predicted molar refractivity (Wildman–Crippen MR) is 26.9 cm³/mol. The van der Waals surface area contributed by atoms with Crippen LogP contribution in [0, 0.1) is 0 Å². The van der Waals surface area contributed by atoms with Crippen LogP contribution >= 0.6 is 8.38 Å². The summed E-state index contributed by atoms with van der Waals surface area (Å²) >= 11 is 0. The van der Waals surface area contributed by atoms with E-state index in [1.165, 1.54) is 0 Å². The first-order valence-corrected chi connectivity index (χ1v) is 3.29. The van der Waals surface area contributed by atoms with E-state index in [2.05, 4.69) is 0 Å². The van der Waals surface area contributed by atoms with E-state index in [0.29, 0.717) is 6.29 Å². The summed E-state index contributed by atoms with van der Waals surface area (Å²) < 4.78 is 0. The Labute approximate surface area is 42.9 Å². The maximum atomic E-state index is 9.50. The van der Waals surface area contributed by atoms with Crippen molar-refractivity contribution in [3.63, 3.8) is 0 Å². The average Bonchev–Trinajstić information content (AvgIpc) is 1.61. The molecular weight excluding hydrogens is 115 g/mol. The Balaban J connectivity index is 2.81. The van der Waals surface area contributed by atoms with Crippen LogP contribution in [0.2, 0.25) is 0 Å². The third-order valence-corrected chi connectivity index (χ3v) is 1.11. The van der Waals surface area contributed by atoms with Crippen molar-refractivity contribution in [1.29, 1.82) is 0 Å². The SMILES string of the molecule is O=CCCP(O)O. The highest BCUT2D eigenvalue weighted by atomic mass is 31.2. The zero-order chi connectivity index (χ0) is 5.70. The second kappa shape index (κ2) is 4.19. The Bertz CT molecular complexity index is 54.1.